The highest BCUT2D eigenvalue weighted by atomic mass is 16.5. The Bertz CT molecular complexity index is 311. The van der Waals surface area contributed by atoms with Crippen LogP contribution in [0.1, 0.15) is 5.56 Å². The molecule has 4 heteroatoms. The summed E-state index contributed by atoms with van der Waals surface area (Å²) in [7, 11) is 5.24. The third-order valence-corrected chi connectivity index (χ3v) is 2.40. The molecule has 0 saturated carbocycles. The summed E-state index contributed by atoms with van der Waals surface area (Å²) in [6, 6.07) is 7.87. The molecule has 4 nitrogen and oxygen atoms in total. The van der Waals surface area contributed by atoms with Gasteiger partial charge in [-0.25, -0.2) is 0 Å². The van der Waals surface area contributed by atoms with Gasteiger partial charge in [0.15, 0.2) is 0 Å². The van der Waals surface area contributed by atoms with Crippen LogP contribution in [0.3, 0.4) is 0 Å². The highest BCUT2D eigenvalue weighted by Gasteiger charge is 2.07. The fourth-order valence-electron chi connectivity index (χ4n) is 1.56. The van der Waals surface area contributed by atoms with Crippen molar-refractivity contribution in [2.24, 2.45) is 0 Å². The molecule has 1 atom stereocenters. The number of ether oxygens (including phenoxy) is 3. The average molecular weight is 239 g/mol. The molecule has 1 N–H and O–H groups in total. The van der Waals surface area contributed by atoms with E-state index in [1.807, 2.05) is 31.3 Å². The molecule has 0 bridgehead atoms. The van der Waals surface area contributed by atoms with Crippen molar-refractivity contribution in [1.29, 1.82) is 0 Å². The molecule has 96 valence electrons. The van der Waals surface area contributed by atoms with Crippen LogP contribution in [0.5, 0.6) is 5.75 Å². The van der Waals surface area contributed by atoms with E-state index in [4.69, 9.17) is 14.2 Å². The van der Waals surface area contributed by atoms with Crippen LogP contribution in [0, 0.1) is 0 Å². The molecule has 0 fully saturated rings. The lowest BCUT2D eigenvalue weighted by molar-refractivity contribution is -0.00923. The van der Waals surface area contributed by atoms with Gasteiger partial charge in [-0.05, 0) is 24.7 Å². The molecule has 1 rings (SSSR count). The molecule has 0 heterocycles. The van der Waals surface area contributed by atoms with Gasteiger partial charge in [-0.2, -0.15) is 0 Å². The molecule has 0 aromatic heterocycles. The van der Waals surface area contributed by atoms with Gasteiger partial charge in [-0.15, -0.1) is 0 Å². The standard InChI is InChI=1S/C13H21NO3/c1-14-8-13(10-15-2)17-9-11-5-4-6-12(7-11)16-3/h4-7,13-14H,8-10H2,1-3H3. The van der Waals surface area contributed by atoms with Crippen LogP contribution in [-0.4, -0.2) is 40.5 Å². The molecule has 1 aromatic carbocycles. The Kier molecular flexibility index (Phi) is 6.62. The lowest BCUT2D eigenvalue weighted by atomic mass is 10.2. The van der Waals surface area contributed by atoms with Gasteiger partial charge in [0, 0.05) is 13.7 Å². The zero-order chi connectivity index (χ0) is 12.5. The number of hydrogen-bond acceptors (Lipinski definition) is 4. The molecule has 17 heavy (non-hydrogen) atoms. The van der Waals surface area contributed by atoms with Gasteiger partial charge in [0.1, 0.15) is 5.75 Å². The number of hydrogen-bond donors (Lipinski definition) is 1. The van der Waals surface area contributed by atoms with Crippen molar-refractivity contribution in [3.05, 3.63) is 29.8 Å². The molecule has 0 aliphatic carbocycles. The summed E-state index contributed by atoms with van der Waals surface area (Å²) in [6.07, 6.45) is 0.0659. The Balaban J connectivity index is 2.46. The topological polar surface area (TPSA) is 39.7 Å². The average Bonchev–Trinajstić information content (AvgIpc) is 2.37. The molecule has 1 aromatic rings. The molecular formula is C13H21NO3. The van der Waals surface area contributed by atoms with Gasteiger partial charge in [0.25, 0.3) is 0 Å². The van der Waals surface area contributed by atoms with E-state index in [1.54, 1.807) is 14.2 Å². The predicted molar refractivity (Wildman–Crippen MR) is 67.4 cm³/mol. The van der Waals surface area contributed by atoms with Gasteiger partial charge in [-0.1, -0.05) is 12.1 Å². The van der Waals surface area contributed by atoms with Crippen molar-refractivity contribution < 1.29 is 14.2 Å². The van der Waals surface area contributed by atoms with Crippen molar-refractivity contribution in [2.45, 2.75) is 12.7 Å². The van der Waals surface area contributed by atoms with E-state index in [0.29, 0.717) is 13.2 Å². The summed E-state index contributed by atoms with van der Waals surface area (Å²) in [5.41, 5.74) is 1.10. The minimum absolute atomic E-state index is 0.0659. The third kappa shape index (κ3) is 5.17. The lowest BCUT2D eigenvalue weighted by Crippen LogP contribution is -2.30. The second-order valence-electron chi connectivity index (χ2n) is 3.80. The van der Waals surface area contributed by atoms with Crippen LogP contribution in [0.25, 0.3) is 0 Å². The first-order valence-electron chi connectivity index (χ1n) is 5.68. The van der Waals surface area contributed by atoms with Gasteiger partial charge in [-0.3, -0.25) is 0 Å². The van der Waals surface area contributed by atoms with Crippen molar-refractivity contribution in [1.82, 2.24) is 5.32 Å². The molecule has 0 aliphatic rings. The number of methoxy groups -OCH3 is 2. The Morgan fingerprint density at radius 3 is 2.76 bits per heavy atom. The van der Waals surface area contributed by atoms with Crippen molar-refractivity contribution in [3.63, 3.8) is 0 Å². The van der Waals surface area contributed by atoms with E-state index >= 15 is 0 Å². The first-order valence-corrected chi connectivity index (χ1v) is 5.68. The molecule has 0 saturated heterocycles. The largest absolute Gasteiger partial charge is 0.497 e. The number of likely N-dealkylation sites (N-methyl/N-ethyl adjacent to an activating group) is 1. The molecular weight excluding hydrogens is 218 g/mol. The fraction of sp³-hybridized carbons (Fsp3) is 0.538. The summed E-state index contributed by atoms with van der Waals surface area (Å²) in [5.74, 6) is 0.850. The molecule has 0 aliphatic heterocycles. The first-order chi connectivity index (χ1) is 8.30. The molecule has 0 radical (unpaired) electrons. The van der Waals surface area contributed by atoms with E-state index in [-0.39, 0.29) is 6.10 Å². The van der Waals surface area contributed by atoms with E-state index in [2.05, 4.69) is 5.32 Å². The van der Waals surface area contributed by atoms with Crippen LogP contribution < -0.4 is 10.1 Å². The minimum Gasteiger partial charge on any atom is -0.497 e. The molecule has 1 unspecified atom stereocenters. The predicted octanol–water partition coefficient (Wildman–Crippen LogP) is 1.45. The maximum absolute atomic E-state index is 5.77. The van der Waals surface area contributed by atoms with Crippen LogP contribution in [0.2, 0.25) is 0 Å². The maximum atomic E-state index is 5.77. The monoisotopic (exact) mass is 239 g/mol. The van der Waals surface area contributed by atoms with Crippen molar-refractivity contribution in [3.8, 4) is 5.75 Å². The van der Waals surface area contributed by atoms with Gasteiger partial charge >= 0.3 is 0 Å². The number of nitrogens with one attached hydrogen (secondary N) is 1. The van der Waals surface area contributed by atoms with Crippen molar-refractivity contribution >= 4 is 0 Å². The Morgan fingerprint density at radius 1 is 1.29 bits per heavy atom. The lowest BCUT2D eigenvalue weighted by Gasteiger charge is -2.16. The number of benzene rings is 1. The van der Waals surface area contributed by atoms with Crippen LogP contribution >= 0.6 is 0 Å². The van der Waals surface area contributed by atoms with E-state index in [0.717, 1.165) is 17.9 Å². The summed E-state index contributed by atoms with van der Waals surface area (Å²) in [4.78, 5) is 0. The van der Waals surface area contributed by atoms with Crippen LogP contribution in [-0.2, 0) is 16.1 Å². The summed E-state index contributed by atoms with van der Waals surface area (Å²) >= 11 is 0. The summed E-state index contributed by atoms with van der Waals surface area (Å²) in [5, 5.41) is 3.08. The minimum atomic E-state index is 0.0659. The second-order valence-corrected chi connectivity index (χ2v) is 3.80. The van der Waals surface area contributed by atoms with Crippen LogP contribution in [0.4, 0.5) is 0 Å². The van der Waals surface area contributed by atoms with Crippen LogP contribution in [0.15, 0.2) is 24.3 Å². The highest BCUT2D eigenvalue weighted by Crippen LogP contribution is 2.13. The third-order valence-electron chi connectivity index (χ3n) is 2.40. The van der Waals surface area contributed by atoms with Gasteiger partial charge < -0.3 is 19.5 Å². The smallest absolute Gasteiger partial charge is 0.119 e. The zero-order valence-electron chi connectivity index (χ0n) is 10.7. The Morgan fingerprint density at radius 2 is 2.12 bits per heavy atom. The van der Waals surface area contributed by atoms with E-state index in [9.17, 15) is 0 Å². The Hall–Kier alpha value is -1.10. The van der Waals surface area contributed by atoms with Gasteiger partial charge in [0.2, 0.25) is 0 Å². The Labute approximate surface area is 103 Å². The SMILES string of the molecule is CNCC(COC)OCc1cccc(OC)c1. The summed E-state index contributed by atoms with van der Waals surface area (Å²) < 4.78 is 16.0. The van der Waals surface area contributed by atoms with Crippen molar-refractivity contribution in [2.75, 3.05) is 34.4 Å². The fourth-order valence-corrected chi connectivity index (χ4v) is 1.56. The molecule has 0 amide bonds. The van der Waals surface area contributed by atoms with Gasteiger partial charge in [0.05, 0.1) is 26.4 Å². The first kappa shape index (κ1) is 14.0. The maximum Gasteiger partial charge on any atom is 0.119 e. The normalized spacial score (nSPS) is 12.4. The zero-order valence-corrected chi connectivity index (χ0v) is 10.7. The van der Waals surface area contributed by atoms with E-state index < -0.39 is 0 Å². The quantitative estimate of drug-likeness (QED) is 0.745. The summed E-state index contributed by atoms with van der Waals surface area (Å²) in [6.45, 7) is 1.93. The van der Waals surface area contributed by atoms with E-state index in [1.165, 1.54) is 0 Å². The highest BCUT2D eigenvalue weighted by molar-refractivity contribution is 5.27. The molecule has 0 spiro atoms. The second kappa shape index (κ2) is 8.06. The number of rotatable bonds is 8.